The Hall–Kier alpha value is -2.00. The number of ether oxygens (including phenoxy) is 2. The number of hydrogen-bond donors (Lipinski definition) is 1. The van der Waals surface area contributed by atoms with Crippen LogP contribution in [0, 0.1) is 0 Å². The van der Waals surface area contributed by atoms with Crippen LogP contribution in [0.3, 0.4) is 0 Å². The van der Waals surface area contributed by atoms with Crippen LogP contribution in [0.15, 0.2) is 18.2 Å². The van der Waals surface area contributed by atoms with Crippen molar-refractivity contribution in [1.82, 2.24) is 10.2 Å². The zero-order valence-corrected chi connectivity index (χ0v) is 17.8. The molecular formula is C19H30N2O6S. The Bertz CT molecular complexity index is 760. The highest BCUT2D eigenvalue weighted by Gasteiger charge is 2.24. The average Bonchev–Trinajstić information content (AvgIpc) is 3.14. The maximum atomic E-state index is 12.5. The molecule has 1 heterocycles. The summed E-state index contributed by atoms with van der Waals surface area (Å²) in [5, 5.41) is 2.12. The van der Waals surface area contributed by atoms with Crippen molar-refractivity contribution in [1.29, 1.82) is 0 Å². The molecule has 158 valence electrons. The number of nitrogens with zero attached hydrogens (tertiary/aromatic N) is 1. The number of amides is 2. The molecule has 1 unspecified atom stereocenters. The molecule has 1 fully saturated rings. The van der Waals surface area contributed by atoms with E-state index in [1.54, 1.807) is 36.9 Å². The van der Waals surface area contributed by atoms with E-state index in [-0.39, 0.29) is 17.9 Å². The summed E-state index contributed by atoms with van der Waals surface area (Å²) in [6.07, 6.45) is 1.92. The van der Waals surface area contributed by atoms with Crippen LogP contribution in [0.1, 0.15) is 39.2 Å². The molecule has 28 heavy (non-hydrogen) atoms. The van der Waals surface area contributed by atoms with E-state index in [0.717, 1.165) is 18.4 Å². The predicted molar refractivity (Wildman–Crippen MR) is 106 cm³/mol. The van der Waals surface area contributed by atoms with Crippen molar-refractivity contribution >= 4 is 16.1 Å². The lowest BCUT2D eigenvalue weighted by atomic mass is 10.1. The van der Waals surface area contributed by atoms with Crippen molar-refractivity contribution in [2.75, 3.05) is 26.8 Å². The third kappa shape index (κ3) is 6.00. The predicted octanol–water partition coefficient (Wildman–Crippen LogP) is 2.52. The lowest BCUT2D eigenvalue weighted by molar-refractivity contribution is 0.0795. The van der Waals surface area contributed by atoms with Gasteiger partial charge in [-0.1, -0.05) is 6.07 Å². The summed E-state index contributed by atoms with van der Waals surface area (Å²) >= 11 is 0. The van der Waals surface area contributed by atoms with Crippen LogP contribution in [0.4, 0.5) is 4.79 Å². The molecule has 1 atom stereocenters. The zero-order valence-electron chi connectivity index (χ0n) is 16.9. The fourth-order valence-electron chi connectivity index (χ4n) is 2.84. The van der Waals surface area contributed by atoms with Gasteiger partial charge in [0, 0.05) is 26.2 Å². The molecule has 0 spiro atoms. The number of methoxy groups -OCH3 is 1. The third-order valence-electron chi connectivity index (χ3n) is 4.45. The van der Waals surface area contributed by atoms with Gasteiger partial charge in [-0.3, -0.25) is 0 Å². The molecule has 0 radical (unpaired) electrons. The maximum absolute atomic E-state index is 12.5. The fraction of sp³-hybridized carbons (Fsp3) is 0.632. The van der Waals surface area contributed by atoms with Gasteiger partial charge in [-0.15, -0.1) is 0 Å². The second-order valence-corrected chi connectivity index (χ2v) is 9.06. The summed E-state index contributed by atoms with van der Waals surface area (Å²) in [4.78, 5) is 14.1. The summed E-state index contributed by atoms with van der Waals surface area (Å²) in [5.41, 5.74) is 0.735. The van der Waals surface area contributed by atoms with Gasteiger partial charge in [-0.05, 0) is 51.3 Å². The van der Waals surface area contributed by atoms with Crippen molar-refractivity contribution in [2.45, 2.75) is 51.5 Å². The fourth-order valence-corrected chi connectivity index (χ4v) is 3.42. The molecule has 1 N–H and O–H groups in total. The van der Waals surface area contributed by atoms with Gasteiger partial charge in [0.25, 0.3) is 0 Å². The molecule has 1 aliphatic rings. The van der Waals surface area contributed by atoms with Crippen LogP contribution < -0.4 is 14.2 Å². The average molecular weight is 415 g/mol. The quantitative estimate of drug-likeness (QED) is 0.624. The van der Waals surface area contributed by atoms with E-state index in [0.29, 0.717) is 32.0 Å². The minimum absolute atomic E-state index is 0.0119. The van der Waals surface area contributed by atoms with Crippen molar-refractivity contribution in [3.05, 3.63) is 23.8 Å². The number of rotatable bonds is 9. The highest BCUT2D eigenvalue weighted by molar-refractivity contribution is 7.87. The highest BCUT2D eigenvalue weighted by atomic mass is 32.2. The van der Waals surface area contributed by atoms with Crippen LogP contribution in [0.2, 0.25) is 0 Å². The van der Waals surface area contributed by atoms with E-state index in [2.05, 4.69) is 5.32 Å². The summed E-state index contributed by atoms with van der Waals surface area (Å²) in [6.45, 7) is 6.95. The molecule has 9 heteroatoms. The van der Waals surface area contributed by atoms with Gasteiger partial charge in [0.1, 0.15) is 0 Å². The first-order valence-electron chi connectivity index (χ1n) is 9.51. The minimum atomic E-state index is -3.77. The van der Waals surface area contributed by atoms with Gasteiger partial charge in [0.15, 0.2) is 11.5 Å². The Morgan fingerprint density at radius 1 is 1.36 bits per heavy atom. The Kier molecular flexibility index (Phi) is 7.94. The lowest BCUT2D eigenvalue weighted by Gasteiger charge is -2.26. The number of carbonyl (C=O) groups is 1. The molecule has 1 aromatic rings. The molecule has 1 aliphatic heterocycles. The topological polar surface area (TPSA) is 94.2 Å². The summed E-state index contributed by atoms with van der Waals surface area (Å²) in [6, 6.07) is 4.84. The Morgan fingerprint density at radius 3 is 2.68 bits per heavy atom. The van der Waals surface area contributed by atoms with Crippen molar-refractivity contribution in [2.24, 2.45) is 0 Å². The van der Waals surface area contributed by atoms with Gasteiger partial charge in [0.2, 0.25) is 0 Å². The van der Waals surface area contributed by atoms with Gasteiger partial charge in [0.05, 0.1) is 18.5 Å². The van der Waals surface area contributed by atoms with Gasteiger partial charge < -0.3 is 23.9 Å². The number of nitrogens with one attached hydrogen (secondary N) is 1. The molecule has 0 aliphatic carbocycles. The van der Waals surface area contributed by atoms with E-state index < -0.39 is 15.4 Å². The molecular weight excluding hydrogens is 384 g/mol. The number of carbonyl (C=O) groups excluding carboxylic acids is 1. The van der Waals surface area contributed by atoms with E-state index >= 15 is 0 Å². The summed E-state index contributed by atoms with van der Waals surface area (Å²) in [5.74, 6) is 0.429. The first-order chi connectivity index (χ1) is 13.3. The molecule has 2 amide bonds. The Labute approximate surface area is 167 Å². The monoisotopic (exact) mass is 414 g/mol. The van der Waals surface area contributed by atoms with Gasteiger partial charge >= 0.3 is 16.1 Å². The number of urea groups is 1. The van der Waals surface area contributed by atoms with Gasteiger partial charge in [-0.2, -0.15) is 8.42 Å². The van der Waals surface area contributed by atoms with E-state index in [9.17, 15) is 13.2 Å². The summed E-state index contributed by atoms with van der Waals surface area (Å²) < 4.78 is 40.4. The Balaban J connectivity index is 2.23. The molecule has 0 saturated carbocycles. The van der Waals surface area contributed by atoms with Crippen LogP contribution >= 0.6 is 0 Å². The normalized spacial score (nSPS) is 16.8. The lowest BCUT2D eigenvalue weighted by Crippen LogP contribution is -2.43. The molecule has 1 aromatic carbocycles. The third-order valence-corrected chi connectivity index (χ3v) is 6.01. The van der Waals surface area contributed by atoms with Crippen molar-refractivity contribution < 1.29 is 26.9 Å². The standard InChI is InChI=1S/C19H30N2O6S/c1-5-20-19(22)21(13-16-7-6-10-26-16)12-15-8-9-17(25-4)18(11-15)27-28(23,24)14(2)3/h8-9,11,14,16H,5-7,10,12-13H2,1-4H3,(H,20,22). The van der Waals surface area contributed by atoms with Crippen LogP contribution in [-0.2, 0) is 21.4 Å². The largest absolute Gasteiger partial charge is 0.493 e. The second-order valence-electron chi connectivity index (χ2n) is 6.96. The zero-order chi connectivity index (χ0) is 20.7. The van der Waals surface area contributed by atoms with Crippen molar-refractivity contribution in [3.8, 4) is 11.5 Å². The van der Waals surface area contributed by atoms with E-state index in [4.69, 9.17) is 13.7 Å². The molecule has 0 aromatic heterocycles. The number of hydrogen-bond acceptors (Lipinski definition) is 6. The van der Waals surface area contributed by atoms with E-state index in [1.807, 2.05) is 6.92 Å². The first-order valence-corrected chi connectivity index (χ1v) is 11.0. The smallest absolute Gasteiger partial charge is 0.317 e. The molecule has 1 saturated heterocycles. The van der Waals surface area contributed by atoms with Crippen LogP contribution in [0.5, 0.6) is 11.5 Å². The molecule has 2 rings (SSSR count). The van der Waals surface area contributed by atoms with Gasteiger partial charge in [-0.25, -0.2) is 4.79 Å². The number of benzene rings is 1. The molecule has 0 bridgehead atoms. The first kappa shape index (κ1) is 22.3. The SMILES string of the molecule is CCNC(=O)N(Cc1ccc(OC)c(OS(=O)(=O)C(C)C)c1)CC1CCCO1. The van der Waals surface area contributed by atoms with Crippen molar-refractivity contribution in [3.63, 3.8) is 0 Å². The molecule has 8 nitrogen and oxygen atoms in total. The highest BCUT2D eigenvalue weighted by Crippen LogP contribution is 2.30. The second kappa shape index (κ2) is 9.97. The van der Waals surface area contributed by atoms with Crippen LogP contribution in [0.25, 0.3) is 0 Å². The maximum Gasteiger partial charge on any atom is 0.317 e. The summed E-state index contributed by atoms with van der Waals surface area (Å²) in [7, 11) is -2.32. The minimum Gasteiger partial charge on any atom is -0.493 e. The Morgan fingerprint density at radius 2 is 2.11 bits per heavy atom. The van der Waals surface area contributed by atoms with E-state index in [1.165, 1.54) is 7.11 Å². The van der Waals surface area contributed by atoms with Crippen LogP contribution in [-0.4, -0.2) is 57.5 Å².